The third kappa shape index (κ3) is 5.41. The maximum absolute atomic E-state index is 5.94. The van der Waals surface area contributed by atoms with Crippen molar-refractivity contribution in [3.63, 3.8) is 0 Å². The number of nitrogens with one attached hydrogen (secondary N) is 1. The molecule has 2 unspecified atom stereocenters. The van der Waals surface area contributed by atoms with Gasteiger partial charge in [0.2, 0.25) is 0 Å². The van der Waals surface area contributed by atoms with Gasteiger partial charge >= 0.3 is 0 Å². The maximum atomic E-state index is 5.94. The zero-order valence-corrected chi connectivity index (χ0v) is 13.8. The zero-order chi connectivity index (χ0) is 15.0. The van der Waals surface area contributed by atoms with Gasteiger partial charge in [0.1, 0.15) is 0 Å². The lowest BCUT2D eigenvalue weighted by Gasteiger charge is -2.29. The Bertz CT molecular complexity index is 369. The van der Waals surface area contributed by atoms with Crippen LogP contribution in [0.25, 0.3) is 0 Å². The Balaban J connectivity index is 2.57. The second-order valence-electron chi connectivity index (χ2n) is 5.11. The van der Waals surface area contributed by atoms with E-state index in [2.05, 4.69) is 36.2 Å². The predicted octanol–water partition coefficient (Wildman–Crippen LogP) is 3.35. The van der Waals surface area contributed by atoms with Crippen LogP contribution in [-0.4, -0.2) is 44.8 Å². The lowest BCUT2D eigenvalue weighted by molar-refractivity contribution is 0.0998. The van der Waals surface area contributed by atoms with Gasteiger partial charge in [-0.25, -0.2) is 0 Å². The first kappa shape index (κ1) is 17.4. The van der Waals surface area contributed by atoms with E-state index in [1.165, 1.54) is 5.56 Å². The van der Waals surface area contributed by atoms with E-state index >= 15 is 0 Å². The van der Waals surface area contributed by atoms with E-state index in [9.17, 15) is 0 Å². The Hall–Kier alpha value is -0.610. The van der Waals surface area contributed by atoms with E-state index in [0.717, 1.165) is 31.1 Å². The molecule has 3 nitrogen and oxygen atoms in total. The normalized spacial score (nSPS) is 14.5. The van der Waals surface area contributed by atoms with Crippen LogP contribution >= 0.6 is 11.6 Å². The minimum atomic E-state index is 0.357. The SMILES string of the molecule is CCN(CCC(NC)c1ccc(Cl)cc1)C(C)COC. The van der Waals surface area contributed by atoms with Crippen molar-refractivity contribution in [1.29, 1.82) is 0 Å². The van der Waals surface area contributed by atoms with Crippen molar-refractivity contribution < 1.29 is 4.74 Å². The van der Waals surface area contributed by atoms with E-state index in [0.29, 0.717) is 12.1 Å². The molecule has 0 aromatic heterocycles. The highest BCUT2D eigenvalue weighted by Gasteiger charge is 2.15. The van der Waals surface area contributed by atoms with Crippen LogP contribution in [0.15, 0.2) is 24.3 Å². The Morgan fingerprint density at radius 2 is 1.95 bits per heavy atom. The highest BCUT2D eigenvalue weighted by Crippen LogP contribution is 2.19. The van der Waals surface area contributed by atoms with Crippen molar-refractivity contribution in [3.05, 3.63) is 34.9 Å². The molecule has 4 heteroatoms. The molecule has 1 aromatic carbocycles. The second-order valence-corrected chi connectivity index (χ2v) is 5.55. The van der Waals surface area contributed by atoms with Crippen LogP contribution in [0.2, 0.25) is 5.02 Å². The van der Waals surface area contributed by atoms with Crippen molar-refractivity contribution in [3.8, 4) is 0 Å². The summed E-state index contributed by atoms with van der Waals surface area (Å²) in [6.45, 7) is 7.28. The average Bonchev–Trinajstić information content (AvgIpc) is 2.45. The van der Waals surface area contributed by atoms with Crippen molar-refractivity contribution in [2.24, 2.45) is 0 Å². The maximum Gasteiger partial charge on any atom is 0.0615 e. The minimum absolute atomic E-state index is 0.357. The molecule has 0 spiro atoms. The Morgan fingerprint density at radius 3 is 2.45 bits per heavy atom. The molecule has 0 aliphatic heterocycles. The lowest BCUT2D eigenvalue weighted by atomic mass is 10.0. The van der Waals surface area contributed by atoms with Gasteiger partial charge in [-0.2, -0.15) is 0 Å². The molecule has 0 saturated carbocycles. The number of ether oxygens (including phenoxy) is 1. The molecule has 0 aliphatic rings. The molecule has 114 valence electrons. The summed E-state index contributed by atoms with van der Waals surface area (Å²) in [5.74, 6) is 0. The van der Waals surface area contributed by atoms with Crippen LogP contribution in [0.1, 0.15) is 31.9 Å². The van der Waals surface area contributed by atoms with Gasteiger partial charge in [0, 0.05) is 30.8 Å². The monoisotopic (exact) mass is 298 g/mol. The van der Waals surface area contributed by atoms with Gasteiger partial charge in [-0.15, -0.1) is 0 Å². The van der Waals surface area contributed by atoms with Crippen LogP contribution < -0.4 is 5.32 Å². The highest BCUT2D eigenvalue weighted by molar-refractivity contribution is 6.30. The molecule has 1 N–H and O–H groups in total. The summed E-state index contributed by atoms with van der Waals surface area (Å²) >= 11 is 5.94. The first-order chi connectivity index (χ1) is 9.62. The number of hydrogen-bond donors (Lipinski definition) is 1. The van der Waals surface area contributed by atoms with Gasteiger partial charge in [0.25, 0.3) is 0 Å². The molecule has 0 radical (unpaired) electrons. The molecule has 20 heavy (non-hydrogen) atoms. The fourth-order valence-corrected chi connectivity index (χ4v) is 2.63. The molecule has 1 aromatic rings. The summed E-state index contributed by atoms with van der Waals surface area (Å²) in [6, 6.07) is 8.90. The number of likely N-dealkylation sites (N-methyl/N-ethyl adjacent to an activating group) is 1. The van der Waals surface area contributed by atoms with E-state index in [1.54, 1.807) is 7.11 Å². The van der Waals surface area contributed by atoms with Gasteiger partial charge in [-0.05, 0) is 44.6 Å². The molecule has 0 fully saturated rings. The molecule has 0 bridgehead atoms. The topological polar surface area (TPSA) is 24.5 Å². The third-order valence-corrected chi connectivity index (χ3v) is 4.02. The standard InChI is InChI=1S/C16H27ClN2O/c1-5-19(13(2)12-20-4)11-10-16(18-3)14-6-8-15(17)9-7-14/h6-9,13,16,18H,5,10-12H2,1-4H3. The fraction of sp³-hybridized carbons (Fsp3) is 0.625. The van der Waals surface area contributed by atoms with E-state index < -0.39 is 0 Å². The largest absolute Gasteiger partial charge is 0.383 e. The van der Waals surface area contributed by atoms with Crippen molar-refractivity contribution >= 4 is 11.6 Å². The quantitative estimate of drug-likeness (QED) is 0.757. The van der Waals surface area contributed by atoms with Crippen LogP contribution in [0.5, 0.6) is 0 Å². The van der Waals surface area contributed by atoms with Gasteiger partial charge in [0.05, 0.1) is 6.61 Å². The van der Waals surface area contributed by atoms with Gasteiger partial charge in [-0.3, -0.25) is 4.90 Å². The predicted molar refractivity (Wildman–Crippen MR) is 86.5 cm³/mol. The summed E-state index contributed by atoms with van der Waals surface area (Å²) < 4.78 is 5.25. The zero-order valence-electron chi connectivity index (χ0n) is 13.0. The average molecular weight is 299 g/mol. The summed E-state index contributed by atoms with van der Waals surface area (Å²) in [5.41, 5.74) is 1.28. The van der Waals surface area contributed by atoms with Crippen molar-refractivity contribution in [2.45, 2.75) is 32.4 Å². The highest BCUT2D eigenvalue weighted by atomic mass is 35.5. The molecule has 1 rings (SSSR count). The summed E-state index contributed by atoms with van der Waals surface area (Å²) in [6.07, 6.45) is 1.07. The van der Waals surface area contributed by atoms with Gasteiger partial charge < -0.3 is 10.1 Å². The molecule has 0 heterocycles. The molecule has 0 aliphatic carbocycles. The number of hydrogen-bond acceptors (Lipinski definition) is 3. The number of rotatable bonds is 9. The second kappa shape index (κ2) is 9.35. The smallest absolute Gasteiger partial charge is 0.0615 e. The van der Waals surface area contributed by atoms with E-state index in [-0.39, 0.29) is 0 Å². The van der Waals surface area contributed by atoms with E-state index in [1.807, 2.05) is 19.2 Å². The Morgan fingerprint density at radius 1 is 1.30 bits per heavy atom. The molecule has 0 amide bonds. The summed E-state index contributed by atoms with van der Waals surface area (Å²) in [5, 5.41) is 4.17. The van der Waals surface area contributed by atoms with Crippen molar-refractivity contribution in [2.75, 3.05) is 33.9 Å². The Labute approximate surface area is 128 Å². The first-order valence-electron chi connectivity index (χ1n) is 7.28. The van der Waals surface area contributed by atoms with Crippen LogP contribution in [0, 0.1) is 0 Å². The van der Waals surface area contributed by atoms with Gasteiger partial charge in [-0.1, -0.05) is 30.7 Å². The number of halogens is 1. The van der Waals surface area contributed by atoms with Crippen LogP contribution in [0.3, 0.4) is 0 Å². The molecular formula is C16H27ClN2O. The van der Waals surface area contributed by atoms with Crippen LogP contribution in [0.4, 0.5) is 0 Å². The fourth-order valence-electron chi connectivity index (χ4n) is 2.50. The number of methoxy groups -OCH3 is 1. The minimum Gasteiger partial charge on any atom is -0.383 e. The molecule has 2 atom stereocenters. The number of nitrogens with zero attached hydrogens (tertiary/aromatic N) is 1. The third-order valence-electron chi connectivity index (χ3n) is 3.76. The van der Waals surface area contributed by atoms with Crippen molar-refractivity contribution in [1.82, 2.24) is 10.2 Å². The molecular weight excluding hydrogens is 272 g/mol. The lowest BCUT2D eigenvalue weighted by Crippen LogP contribution is -2.38. The van der Waals surface area contributed by atoms with Crippen LogP contribution in [-0.2, 0) is 4.74 Å². The van der Waals surface area contributed by atoms with E-state index in [4.69, 9.17) is 16.3 Å². The summed E-state index contributed by atoms with van der Waals surface area (Å²) in [4.78, 5) is 2.45. The van der Waals surface area contributed by atoms with Gasteiger partial charge in [0.15, 0.2) is 0 Å². The number of benzene rings is 1. The Kier molecular flexibility index (Phi) is 8.15. The summed E-state index contributed by atoms with van der Waals surface area (Å²) in [7, 11) is 3.77. The first-order valence-corrected chi connectivity index (χ1v) is 7.65. The molecule has 0 saturated heterocycles.